The minimum Gasteiger partial charge on any atom is -0.493 e. The Morgan fingerprint density at radius 3 is 2.52 bits per heavy atom. The Balaban J connectivity index is 1.56. The molecule has 1 saturated carbocycles. The summed E-state index contributed by atoms with van der Waals surface area (Å²) in [4.78, 5) is 38.7. The van der Waals surface area contributed by atoms with Gasteiger partial charge in [-0.3, -0.25) is 14.4 Å². The Labute approximate surface area is 158 Å². The SMILES string of the molecule is COc1ccc(C(=O)NCC(=O)N2CCCC2C(=O)NC2CC2)cc1OC. The largest absolute Gasteiger partial charge is 0.493 e. The maximum absolute atomic E-state index is 12.5. The van der Waals surface area contributed by atoms with Crippen molar-refractivity contribution in [3.8, 4) is 11.5 Å². The monoisotopic (exact) mass is 375 g/mol. The van der Waals surface area contributed by atoms with Crippen LogP contribution in [0, 0.1) is 0 Å². The standard InChI is InChI=1S/C19H25N3O5/c1-26-15-8-5-12(10-16(15)27-2)18(24)20-11-17(23)22-9-3-4-14(22)19(25)21-13-6-7-13/h5,8,10,13-14H,3-4,6-7,9,11H2,1-2H3,(H,20,24)(H,21,25). The molecule has 8 nitrogen and oxygen atoms in total. The number of rotatable bonds is 7. The van der Waals surface area contributed by atoms with Crippen LogP contribution in [0.25, 0.3) is 0 Å². The summed E-state index contributed by atoms with van der Waals surface area (Å²) in [5, 5.41) is 5.57. The Kier molecular flexibility index (Phi) is 5.83. The van der Waals surface area contributed by atoms with E-state index in [0.717, 1.165) is 19.3 Å². The van der Waals surface area contributed by atoms with Crippen LogP contribution in [0.1, 0.15) is 36.0 Å². The van der Waals surface area contributed by atoms with Crippen molar-refractivity contribution in [2.45, 2.75) is 37.8 Å². The van der Waals surface area contributed by atoms with E-state index in [1.807, 2.05) is 0 Å². The second-order valence-electron chi connectivity index (χ2n) is 6.78. The molecule has 1 saturated heterocycles. The van der Waals surface area contributed by atoms with Crippen LogP contribution in [0.15, 0.2) is 18.2 Å². The highest BCUT2D eigenvalue weighted by atomic mass is 16.5. The summed E-state index contributed by atoms with van der Waals surface area (Å²) in [6.45, 7) is 0.383. The van der Waals surface area contributed by atoms with Gasteiger partial charge in [-0.05, 0) is 43.9 Å². The molecule has 27 heavy (non-hydrogen) atoms. The minimum atomic E-state index is -0.434. The van der Waals surface area contributed by atoms with Crippen LogP contribution in [0.4, 0.5) is 0 Å². The fourth-order valence-electron chi connectivity index (χ4n) is 3.20. The fourth-order valence-corrected chi connectivity index (χ4v) is 3.20. The second kappa shape index (κ2) is 8.28. The zero-order chi connectivity index (χ0) is 19.4. The lowest BCUT2D eigenvalue weighted by atomic mass is 10.2. The number of methoxy groups -OCH3 is 2. The normalized spacial score (nSPS) is 18.7. The van der Waals surface area contributed by atoms with Crippen molar-refractivity contribution in [2.24, 2.45) is 0 Å². The third-order valence-electron chi connectivity index (χ3n) is 4.85. The molecule has 0 radical (unpaired) electrons. The van der Waals surface area contributed by atoms with Crippen molar-refractivity contribution in [3.05, 3.63) is 23.8 Å². The van der Waals surface area contributed by atoms with E-state index in [0.29, 0.717) is 30.0 Å². The predicted molar refractivity (Wildman–Crippen MR) is 97.8 cm³/mol. The van der Waals surface area contributed by atoms with Gasteiger partial charge in [0.25, 0.3) is 5.91 Å². The number of ether oxygens (including phenoxy) is 2. The molecule has 1 heterocycles. The van der Waals surface area contributed by atoms with Crippen molar-refractivity contribution < 1.29 is 23.9 Å². The van der Waals surface area contributed by atoms with Gasteiger partial charge in [0.1, 0.15) is 6.04 Å². The van der Waals surface area contributed by atoms with Crippen molar-refractivity contribution in [1.82, 2.24) is 15.5 Å². The minimum absolute atomic E-state index is 0.0884. The summed E-state index contributed by atoms with van der Waals surface area (Å²) >= 11 is 0. The number of hydrogen-bond acceptors (Lipinski definition) is 5. The molecular weight excluding hydrogens is 350 g/mol. The first-order chi connectivity index (χ1) is 13.0. The molecule has 3 rings (SSSR count). The molecule has 1 atom stereocenters. The first kappa shape index (κ1) is 19.0. The van der Waals surface area contributed by atoms with Gasteiger partial charge in [-0.1, -0.05) is 0 Å². The summed E-state index contributed by atoms with van der Waals surface area (Å²) in [7, 11) is 3.01. The van der Waals surface area contributed by atoms with Gasteiger partial charge in [-0.15, -0.1) is 0 Å². The molecule has 2 aliphatic rings. The van der Waals surface area contributed by atoms with Crippen LogP contribution in [0.2, 0.25) is 0 Å². The number of carbonyl (C=O) groups excluding carboxylic acids is 3. The number of amides is 3. The molecule has 146 valence electrons. The summed E-state index contributed by atoms with van der Waals surface area (Å²) in [6.07, 6.45) is 3.47. The summed E-state index contributed by atoms with van der Waals surface area (Å²) in [5.74, 6) is 0.230. The molecule has 3 amide bonds. The lowest BCUT2D eigenvalue weighted by Gasteiger charge is -2.24. The summed E-state index contributed by atoms with van der Waals surface area (Å²) in [5.41, 5.74) is 0.366. The summed E-state index contributed by atoms with van der Waals surface area (Å²) < 4.78 is 10.3. The van der Waals surface area contributed by atoms with E-state index in [1.165, 1.54) is 14.2 Å². The molecule has 1 aromatic rings. The van der Waals surface area contributed by atoms with E-state index in [-0.39, 0.29) is 30.3 Å². The molecule has 1 aromatic carbocycles. The molecule has 8 heteroatoms. The van der Waals surface area contributed by atoms with E-state index in [4.69, 9.17) is 9.47 Å². The molecule has 1 aliphatic carbocycles. The highest BCUT2D eigenvalue weighted by molar-refractivity contribution is 5.97. The zero-order valence-corrected chi connectivity index (χ0v) is 15.6. The number of likely N-dealkylation sites (tertiary alicyclic amines) is 1. The van der Waals surface area contributed by atoms with Crippen molar-refractivity contribution in [2.75, 3.05) is 27.3 Å². The number of hydrogen-bond donors (Lipinski definition) is 2. The third kappa shape index (κ3) is 4.50. The van der Waals surface area contributed by atoms with Crippen LogP contribution < -0.4 is 20.1 Å². The molecule has 0 spiro atoms. The Hall–Kier alpha value is -2.77. The number of nitrogens with one attached hydrogen (secondary N) is 2. The van der Waals surface area contributed by atoms with Crippen LogP contribution in [-0.2, 0) is 9.59 Å². The molecule has 2 fully saturated rings. The average Bonchev–Trinajstić information content (AvgIpc) is 3.36. The number of benzene rings is 1. The van der Waals surface area contributed by atoms with Gasteiger partial charge < -0.3 is 25.0 Å². The molecule has 0 aromatic heterocycles. The second-order valence-corrected chi connectivity index (χ2v) is 6.78. The smallest absolute Gasteiger partial charge is 0.251 e. The van der Waals surface area contributed by atoms with Gasteiger partial charge in [0, 0.05) is 18.2 Å². The highest BCUT2D eigenvalue weighted by Crippen LogP contribution is 2.27. The molecular formula is C19H25N3O5. The zero-order valence-electron chi connectivity index (χ0n) is 15.6. The van der Waals surface area contributed by atoms with Gasteiger partial charge in [-0.2, -0.15) is 0 Å². The fraction of sp³-hybridized carbons (Fsp3) is 0.526. The van der Waals surface area contributed by atoms with E-state index >= 15 is 0 Å². The first-order valence-electron chi connectivity index (χ1n) is 9.13. The van der Waals surface area contributed by atoms with Crippen LogP contribution in [-0.4, -0.2) is 62.0 Å². The lowest BCUT2D eigenvalue weighted by Crippen LogP contribution is -2.49. The maximum atomic E-state index is 12.5. The Bertz CT molecular complexity index is 732. The predicted octanol–water partition coefficient (Wildman–Crippen LogP) is 0.703. The van der Waals surface area contributed by atoms with Gasteiger partial charge in [0.15, 0.2) is 11.5 Å². The molecule has 0 bridgehead atoms. The first-order valence-corrected chi connectivity index (χ1v) is 9.13. The van der Waals surface area contributed by atoms with Gasteiger partial charge in [-0.25, -0.2) is 0 Å². The third-order valence-corrected chi connectivity index (χ3v) is 4.85. The summed E-state index contributed by atoms with van der Waals surface area (Å²) in [6, 6.07) is 4.62. The van der Waals surface area contributed by atoms with Gasteiger partial charge in [0.05, 0.1) is 20.8 Å². The van der Waals surface area contributed by atoms with E-state index in [9.17, 15) is 14.4 Å². The lowest BCUT2D eigenvalue weighted by molar-refractivity contribution is -0.137. The maximum Gasteiger partial charge on any atom is 0.251 e. The van der Waals surface area contributed by atoms with Crippen molar-refractivity contribution in [3.63, 3.8) is 0 Å². The van der Waals surface area contributed by atoms with Crippen LogP contribution in [0.5, 0.6) is 11.5 Å². The quantitative estimate of drug-likeness (QED) is 0.731. The Morgan fingerprint density at radius 2 is 1.85 bits per heavy atom. The average molecular weight is 375 g/mol. The number of carbonyl (C=O) groups is 3. The molecule has 2 N–H and O–H groups in total. The van der Waals surface area contributed by atoms with Gasteiger partial charge >= 0.3 is 0 Å². The van der Waals surface area contributed by atoms with E-state index in [2.05, 4.69) is 10.6 Å². The van der Waals surface area contributed by atoms with E-state index < -0.39 is 6.04 Å². The molecule has 1 unspecified atom stereocenters. The topological polar surface area (TPSA) is 97.0 Å². The molecule has 1 aliphatic heterocycles. The highest BCUT2D eigenvalue weighted by Gasteiger charge is 2.36. The van der Waals surface area contributed by atoms with Gasteiger partial charge in [0.2, 0.25) is 11.8 Å². The Morgan fingerprint density at radius 1 is 1.11 bits per heavy atom. The van der Waals surface area contributed by atoms with Crippen LogP contribution >= 0.6 is 0 Å². The van der Waals surface area contributed by atoms with Crippen molar-refractivity contribution in [1.29, 1.82) is 0 Å². The van der Waals surface area contributed by atoms with Crippen LogP contribution in [0.3, 0.4) is 0 Å². The number of nitrogens with zero attached hydrogens (tertiary/aromatic N) is 1. The van der Waals surface area contributed by atoms with E-state index in [1.54, 1.807) is 23.1 Å². The van der Waals surface area contributed by atoms with Crippen molar-refractivity contribution >= 4 is 17.7 Å².